The van der Waals surface area contributed by atoms with Gasteiger partial charge >= 0.3 is 0 Å². The van der Waals surface area contributed by atoms with Crippen LogP contribution in [0.1, 0.15) is 19.8 Å². The van der Waals surface area contributed by atoms with Crippen LogP contribution in [0.3, 0.4) is 0 Å². The van der Waals surface area contributed by atoms with E-state index in [1.54, 1.807) is 6.92 Å². The Morgan fingerprint density at radius 2 is 2.30 bits per heavy atom. The van der Waals surface area contributed by atoms with Crippen LogP contribution in [0.2, 0.25) is 0 Å². The van der Waals surface area contributed by atoms with E-state index in [0.717, 1.165) is 0 Å². The Kier molecular flexibility index (Phi) is 4.29. The van der Waals surface area contributed by atoms with Crippen molar-refractivity contribution in [2.24, 2.45) is 5.10 Å². The Hall–Kier alpha value is -2.44. The maximum absolute atomic E-state index is 13.1. The fourth-order valence-corrected chi connectivity index (χ4v) is 1.71. The summed E-state index contributed by atoms with van der Waals surface area (Å²) in [7, 11) is 0. The molecule has 1 heterocycles. The van der Waals surface area contributed by atoms with Crippen molar-refractivity contribution in [2.45, 2.75) is 19.8 Å². The minimum atomic E-state index is -0.450. The Bertz CT molecular complexity index is 572. The van der Waals surface area contributed by atoms with E-state index in [4.69, 9.17) is 4.74 Å². The van der Waals surface area contributed by atoms with Crippen LogP contribution in [-0.4, -0.2) is 24.1 Å². The van der Waals surface area contributed by atoms with Gasteiger partial charge in [-0.25, -0.2) is 9.82 Å². The predicted molar refractivity (Wildman–Crippen MR) is 71.0 cm³/mol. The molecular weight excluding hydrogens is 265 g/mol. The second kappa shape index (κ2) is 6.14. The predicted octanol–water partition coefficient (Wildman–Crippen LogP) is 1.43. The van der Waals surface area contributed by atoms with Crippen LogP contribution in [0.25, 0.3) is 0 Å². The molecule has 2 N–H and O–H groups in total. The van der Waals surface area contributed by atoms with Gasteiger partial charge in [0.25, 0.3) is 5.91 Å². The lowest BCUT2D eigenvalue weighted by Crippen LogP contribution is -2.32. The molecule has 0 unspecified atom stereocenters. The second-order valence-electron chi connectivity index (χ2n) is 4.12. The summed E-state index contributed by atoms with van der Waals surface area (Å²) in [6.45, 7) is 2.11. The molecule has 0 fully saturated rings. The van der Waals surface area contributed by atoms with E-state index in [0.29, 0.717) is 12.3 Å². The molecule has 0 aliphatic carbocycles. The highest BCUT2D eigenvalue weighted by molar-refractivity contribution is 6.43. The lowest BCUT2D eigenvalue weighted by molar-refractivity contribution is -0.121. The SMILES string of the molecule is CCOc1cc(F)ccc1NC(=O)C1=NNC(=O)CC1. The topological polar surface area (TPSA) is 79.8 Å². The third kappa shape index (κ3) is 3.31. The summed E-state index contributed by atoms with van der Waals surface area (Å²) < 4.78 is 18.4. The average Bonchev–Trinajstić information content (AvgIpc) is 2.43. The first-order valence-electron chi connectivity index (χ1n) is 6.19. The van der Waals surface area contributed by atoms with Gasteiger partial charge in [-0.3, -0.25) is 9.59 Å². The maximum Gasteiger partial charge on any atom is 0.271 e. The first-order chi connectivity index (χ1) is 9.60. The minimum Gasteiger partial charge on any atom is -0.492 e. The molecular formula is C13H14FN3O3. The number of nitrogens with zero attached hydrogens (tertiary/aromatic N) is 1. The van der Waals surface area contributed by atoms with Crippen LogP contribution in [-0.2, 0) is 9.59 Å². The number of benzene rings is 1. The Morgan fingerprint density at radius 3 is 2.95 bits per heavy atom. The van der Waals surface area contributed by atoms with Gasteiger partial charge in [0.2, 0.25) is 5.91 Å². The van der Waals surface area contributed by atoms with Crippen molar-refractivity contribution in [1.29, 1.82) is 0 Å². The van der Waals surface area contributed by atoms with Crippen molar-refractivity contribution in [3.63, 3.8) is 0 Å². The largest absolute Gasteiger partial charge is 0.492 e. The highest BCUT2D eigenvalue weighted by Gasteiger charge is 2.19. The number of carbonyl (C=O) groups is 2. The number of halogens is 1. The van der Waals surface area contributed by atoms with E-state index in [1.807, 2.05) is 0 Å². The zero-order valence-corrected chi connectivity index (χ0v) is 10.9. The van der Waals surface area contributed by atoms with E-state index in [-0.39, 0.29) is 30.2 Å². The number of hydrogen-bond donors (Lipinski definition) is 2. The molecule has 106 valence electrons. The number of hydrazone groups is 1. The number of carbonyl (C=O) groups excluding carboxylic acids is 2. The van der Waals surface area contributed by atoms with E-state index in [2.05, 4.69) is 15.8 Å². The number of anilines is 1. The average molecular weight is 279 g/mol. The number of ether oxygens (including phenoxy) is 1. The summed E-state index contributed by atoms with van der Waals surface area (Å²) in [5.74, 6) is -0.870. The fourth-order valence-electron chi connectivity index (χ4n) is 1.71. The summed E-state index contributed by atoms with van der Waals surface area (Å²) in [6, 6.07) is 3.84. The van der Waals surface area contributed by atoms with E-state index < -0.39 is 11.7 Å². The molecule has 0 bridgehead atoms. The maximum atomic E-state index is 13.1. The Morgan fingerprint density at radius 1 is 1.50 bits per heavy atom. The van der Waals surface area contributed by atoms with Crippen molar-refractivity contribution in [2.75, 3.05) is 11.9 Å². The molecule has 2 amide bonds. The highest BCUT2D eigenvalue weighted by Crippen LogP contribution is 2.25. The summed E-state index contributed by atoms with van der Waals surface area (Å²) in [4.78, 5) is 22.9. The molecule has 0 saturated heterocycles. The summed E-state index contributed by atoms with van der Waals surface area (Å²) in [5, 5.41) is 6.28. The fraction of sp³-hybridized carbons (Fsp3) is 0.308. The molecule has 0 aromatic heterocycles. The summed E-state index contributed by atoms with van der Waals surface area (Å²) in [5.41, 5.74) is 2.82. The van der Waals surface area contributed by atoms with Gasteiger partial charge in [-0.2, -0.15) is 5.10 Å². The van der Waals surface area contributed by atoms with E-state index in [9.17, 15) is 14.0 Å². The van der Waals surface area contributed by atoms with Crippen molar-refractivity contribution < 1.29 is 18.7 Å². The van der Waals surface area contributed by atoms with Crippen molar-refractivity contribution >= 4 is 23.2 Å². The van der Waals surface area contributed by atoms with Gasteiger partial charge < -0.3 is 10.1 Å². The lowest BCUT2D eigenvalue weighted by Gasteiger charge is -2.14. The first kappa shape index (κ1) is 14.0. The molecule has 6 nitrogen and oxygen atoms in total. The molecule has 1 aliphatic rings. The van der Waals surface area contributed by atoms with E-state index in [1.165, 1.54) is 18.2 Å². The summed E-state index contributed by atoms with van der Waals surface area (Å²) >= 11 is 0. The molecule has 2 rings (SSSR count). The standard InChI is InChI=1S/C13H14FN3O3/c1-2-20-11-7-8(14)3-4-9(11)15-13(19)10-5-6-12(18)17-16-10/h3-4,7H,2,5-6H2,1H3,(H,15,19)(H,17,18). The van der Waals surface area contributed by atoms with Gasteiger partial charge in [-0.15, -0.1) is 0 Å². The molecule has 0 spiro atoms. The third-order valence-corrected chi connectivity index (χ3v) is 2.66. The van der Waals surface area contributed by atoms with Crippen LogP contribution < -0.4 is 15.5 Å². The summed E-state index contributed by atoms with van der Waals surface area (Å²) in [6.07, 6.45) is 0.483. The number of amides is 2. The molecule has 20 heavy (non-hydrogen) atoms. The highest BCUT2D eigenvalue weighted by atomic mass is 19.1. The Labute approximate surface area is 115 Å². The molecule has 1 aromatic carbocycles. The van der Waals surface area contributed by atoms with Crippen LogP contribution in [0, 0.1) is 5.82 Å². The zero-order valence-electron chi connectivity index (χ0n) is 10.9. The number of rotatable bonds is 4. The van der Waals surface area contributed by atoms with Crippen LogP contribution in [0.4, 0.5) is 10.1 Å². The monoisotopic (exact) mass is 279 g/mol. The minimum absolute atomic E-state index is 0.216. The zero-order chi connectivity index (χ0) is 14.5. The molecule has 1 aromatic rings. The van der Waals surface area contributed by atoms with Gasteiger partial charge in [-0.1, -0.05) is 0 Å². The first-order valence-corrected chi connectivity index (χ1v) is 6.19. The van der Waals surface area contributed by atoms with Crippen LogP contribution >= 0.6 is 0 Å². The van der Waals surface area contributed by atoms with Crippen LogP contribution in [0.15, 0.2) is 23.3 Å². The van der Waals surface area contributed by atoms with Crippen molar-refractivity contribution in [3.8, 4) is 5.75 Å². The number of hydrogen-bond acceptors (Lipinski definition) is 4. The molecule has 7 heteroatoms. The number of nitrogens with one attached hydrogen (secondary N) is 2. The van der Waals surface area contributed by atoms with Gasteiger partial charge in [0.15, 0.2) is 0 Å². The molecule has 0 radical (unpaired) electrons. The lowest BCUT2D eigenvalue weighted by atomic mass is 10.1. The van der Waals surface area contributed by atoms with Crippen LogP contribution in [0.5, 0.6) is 5.75 Å². The Balaban J connectivity index is 2.13. The third-order valence-electron chi connectivity index (χ3n) is 2.66. The van der Waals surface area contributed by atoms with Crippen molar-refractivity contribution in [1.82, 2.24) is 5.43 Å². The molecule has 1 aliphatic heterocycles. The molecule has 0 atom stereocenters. The van der Waals surface area contributed by atoms with Gasteiger partial charge in [0.1, 0.15) is 17.3 Å². The quantitative estimate of drug-likeness (QED) is 0.875. The normalized spacial score (nSPS) is 14.3. The van der Waals surface area contributed by atoms with Gasteiger partial charge in [-0.05, 0) is 19.1 Å². The van der Waals surface area contributed by atoms with Gasteiger partial charge in [0.05, 0.1) is 12.3 Å². The van der Waals surface area contributed by atoms with Gasteiger partial charge in [0, 0.05) is 18.9 Å². The van der Waals surface area contributed by atoms with E-state index >= 15 is 0 Å². The van der Waals surface area contributed by atoms with Crippen molar-refractivity contribution in [3.05, 3.63) is 24.0 Å². The smallest absolute Gasteiger partial charge is 0.271 e. The molecule has 0 saturated carbocycles. The second-order valence-corrected chi connectivity index (χ2v) is 4.12.